The zero-order chi connectivity index (χ0) is 47.2. The van der Waals surface area contributed by atoms with Gasteiger partial charge in [0.05, 0.1) is 0 Å². The van der Waals surface area contributed by atoms with Crippen molar-refractivity contribution in [1.82, 2.24) is 0 Å². The summed E-state index contributed by atoms with van der Waals surface area (Å²) in [6.45, 7) is 6.34. The number of hydrogen-bond acceptors (Lipinski definition) is 6. The molecule has 0 aromatic carbocycles. The Balaban J connectivity index is 4.52. The predicted octanol–water partition coefficient (Wildman–Crippen LogP) is 17.5. The Morgan fingerprint density at radius 2 is 0.600 bits per heavy atom. The highest BCUT2D eigenvalue weighted by molar-refractivity contribution is 5.71. The van der Waals surface area contributed by atoms with Crippen molar-refractivity contribution in [3.63, 3.8) is 0 Å². The molecule has 0 heterocycles. The third-order valence-corrected chi connectivity index (χ3v) is 10.8. The van der Waals surface area contributed by atoms with Gasteiger partial charge in [-0.3, -0.25) is 14.4 Å². The molecule has 0 N–H and O–H groups in total. The van der Waals surface area contributed by atoms with E-state index < -0.39 is 6.10 Å². The van der Waals surface area contributed by atoms with Crippen molar-refractivity contribution in [1.29, 1.82) is 0 Å². The van der Waals surface area contributed by atoms with Crippen molar-refractivity contribution in [3.8, 4) is 0 Å². The van der Waals surface area contributed by atoms with Gasteiger partial charge in [-0.15, -0.1) is 0 Å². The molecular weight excluding hydrogens is 805 g/mol. The SMILES string of the molecule is CC/C=C\C/C=C\C/C=C\C/C=C\C/C=C\CCCCCC(=O)O[C@H](COC(=O)CCCC/C=C\C/C=C\C/C=C\C/C=C\CC)COC(=O)CCCCCCCCCCCCCCC. The summed E-state index contributed by atoms with van der Waals surface area (Å²) in [5.41, 5.74) is 0. The molecule has 65 heavy (non-hydrogen) atoms. The molecule has 0 unspecified atom stereocenters. The molecule has 0 aromatic rings. The van der Waals surface area contributed by atoms with Crippen LogP contribution in [0.4, 0.5) is 0 Å². The van der Waals surface area contributed by atoms with Gasteiger partial charge < -0.3 is 14.2 Å². The lowest BCUT2D eigenvalue weighted by Crippen LogP contribution is -2.30. The van der Waals surface area contributed by atoms with E-state index in [0.29, 0.717) is 25.7 Å². The first kappa shape index (κ1) is 61.1. The van der Waals surface area contributed by atoms with Crippen LogP contribution in [-0.2, 0) is 28.6 Å². The van der Waals surface area contributed by atoms with Crippen LogP contribution >= 0.6 is 0 Å². The zero-order valence-electron chi connectivity index (χ0n) is 42.0. The molecule has 0 rings (SSSR count). The first-order valence-corrected chi connectivity index (χ1v) is 26.4. The highest BCUT2D eigenvalue weighted by Gasteiger charge is 2.19. The molecule has 0 saturated carbocycles. The molecule has 0 aromatic heterocycles. The van der Waals surface area contributed by atoms with Crippen LogP contribution < -0.4 is 0 Å². The smallest absolute Gasteiger partial charge is 0.306 e. The average Bonchev–Trinajstić information content (AvgIpc) is 3.30. The Morgan fingerprint density at radius 3 is 0.969 bits per heavy atom. The van der Waals surface area contributed by atoms with Crippen molar-refractivity contribution in [2.45, 2.75) is 232 Å². The van der Waals surface area contributed by atoms with E-state index in [4.69, 9.17) is 14.2 Å². The summed E-state index contributed by atoms with van der Waals surface area (Å²) in [7, 11) is 0. The van der Waals surface area contributed by atoms with Gasteiger partial charge in [-0.05, 0) is 103 Å². The number of allylic oxidation sites excluding steroid dienone is 18. The van der Waals surface area contributed by atoms with Gasteiger partial charge in [0.25, 0.3) is 0 Å². The van der Waals surface area contributed by atoms with Gasteiger partial charge in [-0.1, -0.05) is 214 Å². The summed E-state index contributed by atoms with van der Waals surface area (Å²) < 4.78 is 16.7. The largest absolute Gasteiger partial charge is 0.462 e. The number of unbranched alkanes of at least 4 members (excludes halogenated alkanes) is 17. The van der Waals surface area contributed by atoms with Crippen molar-refractivity contribution in [2.24, 2.45) is 0 Å². The highest BCUT2D eigenvalue weighted by Crippen LogP contribution is 2.14. The second-order valence-corrected chi connectivity index (χ2v) is 17.0. The van der Waals surface area contributed by atoms with Gasteiger partial charge in [0.2, 0.25) is 0 Å². The molecule has 6 nitrogen and oxygen atoms in total. The highest BCUT2D eigenvalue weighted by atomic mass is 16.6. The first-order valence-electron chi connectivity index (χ1n) is 26.4. The fourth-order valence-corrected chi connectivity index (χ4v) is 6.87. The summed E-state index contributed by atoms with van der Waals surface area (Å²) in [5, 5.41) is 0. The summed E-state index contributed by atoms with van der Waals surface area (Å²) in [4.78, 5) is 38.0. The number of carbonyl (C=O) groups excluding carboxylic acids is 3. The van der Waals surface area contributed by atoms with Crippen LogP contribution in [0.2, 0.25) is 0 Å². The standard InChI is InChI=1S/C59H96O6/c1-4-7-10-13-16-19-22-25-27-28-29-30-32-35-38-41-44-47-50-53-59(62)65-56(54-63-57(60)51-48-45-42-39-36-33-24-21-18-15-12-9-6-3)55-64-58(61)52-49-46-43-40-37-34-31-26-23-20-17-14-11-8-5-2/h7-8,10-11,16-17,19-20,25-27,29-31,35,37-38,40,56H,4-6,9,12-15,18,21-24,28,32-34,36,39,41-55H2,1-3H3/b10-7-,11-8-,19-16-,20-17-,27-25-,30-29-,31-26-,38-35-,40-37-/t56-/m0/s1. The molecule has 0 spiro atoms. The van der Waals surface area contributed by atoms with E-state index in [1.54, 1.807) is 0 Å². The monoisotopic (exact) mass is 901 g/mol. The molecule has 0 radical (unpaired) electrons. The van der Waals surface area contributed by atoms with E-state index in [1.807, 2.05) is 0 Å². The Bertz CT molecular complexity index is 1360. The molecule has 0 fully saturated rings. The van der Waals surface area contributed by atoms with Crippen molar-refractivity contribution in [3.05, 3.63) is 109 Å². The third-order valence-electron chi connectivity index (χ3n) is 10.8. The Labute approximate surface area is 400 Å². The van der Waals surface area contributed by atoms with Gasteiger partial charge in [-0.25, -0.2) is 0 Å². The van der Waals surface area contributed by atoms with Gasteiger partial charge in [-0.2, -0.15) is 0 Å². The average molecular weight is 901 g/mol. The third kappa shape index (κ3) is 50.9. The first-order chi connectivity index (χ1) is 32.0. The summed E-state index contributed by atoms with van der Waals surface area (Å²) in [6, 6.07) is 0. The normalized spacial score (nSPS) is 13.0. The minimum atomic E-state index is -0.812. The van der Waals surface area contributed by atoms with Crippen molar-refractivity contribution in [2.75, 3.05) is 13.2 Å². The number of rotatable bonds is 46. The summed E-state index contributed by atoms with van der Waals surface area (Å²) in [6.07, 6.45) is 70.7. The molecule has 1 atom stereocenters. The van der Waals surface area contributed by atoms with Gasteiger partial charge >= 0.3 is 17.9 Å². The maximum atomic E-state index is 12.8. The van der Waals surface area contributed by atoms with E-state index in [-0.39, 0.29) is 37.5 Å². The number of carbonyl (C=O) groups is 3. The van der Waals surface area contributed by atoms with E-state index in [9.17, 15) is 14.4 Å². The fraction of sp³-hybridized carbons (Fsp3) is 0.644. The van der Waals surface area contributed by atoms with Crippen LogP contribution in [0.25, 0.3) is 0 Å². The lowest BCUT2D eigenvalue weighted by Gasteiger charge is -2.18. The lowest BCUT2D eigenvalue weighted by atomic mass is 10.0. The molecule has 0 aliphatic carbocycles. The molecule has 6 heteroatoms. The van der Waals surface area contributed by atoms with E-state index in [2.05, 4.69) is 130 Å². The summed E-state index contributed by atoms with van der Waals surface area (Å²) >= 11 is 0. The predicted molar refractivity (Wildman–Crippen MR) is 279 cm³/mol. The van der Waals surface area contributed by atoms with Gasteiger partial charge in [0.15, 0.2) is 6.10 Å². The second kappa shape index (κ2) is 52.7. The minimum Gasteiger partial charge on any atom is -0.462 e. The van der Waals surface area contributed by atoms with Crippen LogP contribution in [0.3, 0.4) is 0 Å². The van der Waals surface area contributed by atoms with Gasteiger partial charge in [0.1, 0.15) is 13.2 Å². The van der Waals surface area contributed by atoms with Crippen molar-refractivity contribution < 1.29 is 28.6 Å². The second-order valence-electron chi connectivity index (χ2n) is 17.0. The van der Waals surface area contributed by atoms with Crippen molar-refractivity contribution >= 4 is 17.9 Å². The van der Waals surface area contributed by atoms with Crippen LogP contribution in [0.1, 0.15) is 226 Å². The molecule has 0 aliphatic heterocycles. The molecule has 368 valence electrons. The Morgan fingerprint density at radius 1 is 0.323 bits per heavy atom. The Kier molecular flexibility index (Phi) is 49.5. The zero-order valence-corrected chi connectivity index (χ0v) is 42.0. The van der Waals surface area contributed by atoms with Crippen LogP contribution in [0.15, 0.2) is 109 Å². The maximum Gasteiger partial charge on any atom is 0.306 e. The van der Waals surface area contributed by atoms with Crippen LogP contribution in [0, 0.1) is 0 Å². The number of ether oxygens (including phenoxy) is 3. The maximum absolute atomic E-state index is 12.8. The fourth-order valence-electron chi connectivity index (χ4n) is 6.87. The Hall–Kier alpha value is -3.93. The van der Waals surface area contributed by atoms with Gasteiger partial charge in [0, 0.05) is 19.3 Å². The van der Waals surface area contributed by atoms with E-state index in [1.165, 1.54) is 64.2 Å². The van der Waals surface area contributed by atoms with Crippen LogP contribution in [-0.4, -0.2) is 37.2 Å². The van der Waals surface area contributed by atoms with E-state index in [0.717, 1.165) is 109 Å². The lowest BCUT2D eigenvalue weighted by molar-refractivity contribution is -0.167. The number of hydrogen-bond donors (Lipinski definition) is 0. The molecule has 0 amide bonds. The molecule has 0 saturated heterocycles. The molecule has 0 aliphatic rings. The molecular formula is C59H96O6. The summed E-state index contributed by atoms with van der Waals surface area (Å²) in [5.74, 6) is -0.984. The van der Waals surface area contributed by atoms with Crippen LogP contribution in [0.5, 0.6) is 0 Å². The van der Waals surface area contributed by atoms with E-state index >= 15 is 0 Å². The molecule has 0 bridgehead atoms. The topological polar surface area (TPSA) is 78.9 Å². The number of esters is 3. The quantitative estimate of drug-likeness (QED) is 0.0262. The minimum absolute atomic E-state index is 0.105.